The molecule has 0 saturated carbocycles. The zero-order valence-corrected chi connectivity index (χ0v) is 20.8. The Kier molecular flexibility index (Phi) is 7.35. The average Bonchev–Trinajstić information content (AvgIpc) is 3.49. The van der Waals surface area contributed by atoms with Gasteiger partial charge in [-0.3, -0.25) is 19.2 Å². The van der Waals surface area contributed by atoms with Gasteiger partial charge in [0.1, 0.15) is 6.04 Å². The predicted molar refractivity (Wildman–Crippen MR) is 135 cm³/mol. The van der Waals surface area contributed by atoms with Gasteiger partial charge in [0.2, 0.25) is 11.8 Å². The Morgan fingerprint density at radius 1 is 1.06 bits per heavy atom. The Morgan fingerprint density at radius 2 is 1.78 bits per heavy atom. The lowest BCUT2D eigenvalue weighted by Crippen LogP contribution is -2.45. The molecule has 1 saturated heterocycles. The fourth-order valence-electron chi connectivity index (χ4n) is 4.06. The van der Waals surface area contributed by atoms with Crippen molar-refractivity contribution in [1.82, 2.24) is 4.90 Å². The molecular formula is C26H25N3O6S. The first-order chi connectivity index (χ1) is 17.3. The van der Waals surface area contributed by atoms with Gasteiger partial charge in [-0.25, -0.2) is 4.90 Å². The third kappa shape index (κ3) is 5.08. The Hall–Kier alpha value is -4.18. The van der Waals surface area contributed by atoms with Crippen LogP contribution in [0.3, 0.4) is 0 Å². The number of ether oxygens (including phenoxy) is 2. The number of anilines is 2. The van der Waals surface area contributed by atoms with Crippen LogP contribution in [0.4, 0.5) is 11.4 Å². The van der Waals surface area contributed by atoms with E-state index in [1.807, 2.05) is 17.5 Å². The number of methoxy groups -OCH3 is 2. The van der Waals surface area contributed by atoms with Crippen LogP contribution in [0, 0.1) is 0 Å². The molecule has 36 heavy (non-hydrogen) atoms. The molecule has 1 aromatic heterocycles. The second-order valence-corrected chi connectivity index (χ2v) is 9.13. The maximum absolute atomic E-state index is 13.7. The highest BCUT2D eigenvalue weighted by atomic mass is 32.1. The van der Waals surface area contributed by atoms with Crippen molar-refractivity contribution in [3.8, 4) is 11.5 Å². The minimum Gasteiger partial charge on any atom is -0.493 e. The highest BCUT2D eigenvalue weighted by Gasteiger charge is 2.44. The summed E-state index contributed by atoms with van der Waals surface area (Å²) in [5.74, 6) is -0.674. The molecule has 4 rings (SSSR count). The fourth-order valence-corrected chi connectivity index (χ4v) is 4.76. The number of imide groups is 1. The highest BCUT2D eigenvalue weighted by Crippen LogP contribution is 2.32. The summed E-state index contributed by atoms with van der Waals surface area (Å²) in [5, 5.41) is 4.54. The van der Waals surface area contributed by atoms with E-state index in [2.05, 4.69) is 5.32 Å². The first kappa shape index (κ1) is 24.9. The van der Waals surface area contributed by atoms with Crippen molar-refractivity contribution in [2.24, 2.45) is 0 Å². The van der Waals surface area contributed by atoms with E-state index in [1.165, 1.54) is 37.4 Å². The normalized spacial score (nSPS) is 15.1. The topological polar surface area (TPSA) is 105 Å². The third-order valence-corrected chi connectivity index (χ3v) is 6.60. The summed E-state index contributed by atoms with van der Waals surface area (Å²) in [7, 11) is 2.98. The quantitative estimate of drug-likeness (QED) is 0.466. The summed E-state index contributed by atoms with van der Waals surface area (Å²) in [6.07, 6.45) is -0.142. The second-order valence-electron chi connectivity index (χ2n) is 8.10. The van der Waals surface area contributed by atoms with Crippen LogP contribution >= 0.6 is 11.3 Å². The predicted octanol–water partition coefficient (Wildman–Crippen LogP) is 3.70. The molecule has 0 radical (unpaired) electrons. The molecule has 186 valence electrons. The van der Waals surface area contributed by atoms with E-state index in [1.54, 1.807) is 42.5 Å². The van der Waals surface area contributed by atoms with Gasteiger partial charge in [-0.05, 0) is 53.9 Å². The summed E-state index contributed by atoms with van der Waals surface area (Å²) < 4.78 is 10.6. The molecule has 1 aliphatic heterocycles. The van der Waals surface area contributed by atoms with E-state index in [0.717, 1.165) is 9.78 Å². The van der Waals surface area contributed by atoms with E-state index in [0.29, 0.717) is 28.4 Å². The fraction of sp³-hybridized carbons (Fsp3) is 0.231. The molecule has 10 heteroatoms. The first-order valence-corrected chi connectivity index (χ1v) is 12.0. The van der Waals surface area contributed by atoms with Crippen molar-refractivity contribution in [3.63, 3.8) is 0 Å². The van der Waals surface area contributed by atoms with Crippen molar-refractivity contribution >= 4 is 46.3 Å². The summed E-state index contributed by atoms with van der Waals surface area (Å²) in [5.41, 5.74) is 1.23. The van der Waals surface area contributed by atoms with Crippen LogP contribution in [0.1, 0.15) is 28.6 Å². The number of carbonyl (C=O) groups is 4. The van der Waals surface area contributed by atoms with E-state index in [-0.39, 0.29) is 18.9 Å². The van der Waals surface area contributed by atoms with Gasteiger partial charge in [-0.1, -0.05) is 6.07 Å². The zero-order valence-electron chi connectivity index (χ0n) is 20.0. The largest absolute Gasteiger partial charge is 0.493 e. The van der Waals surface area contributed by atoms with Gasteiger partial charge in [-0.15, -0.1) is 11.3 Å². The Labute approximate surface area is 212 Å². The molecule has 9 nitrogen and oxygen atoms in total. The van der Waals surface area contributed by atoms with Gasteiger partial charge < -0.3 is 19.7 Å². The smallest absolute Gasteiger partial charge is 0.257 e. The number of carbonyl (C=O) groups excluding carboxylic acids is 4. The monoisotopic (exact) mass is 507 g/mol. The number of benzene rings is 2. The highest BCUT2D eigenvalue weighted by molar-refractivity contribution is 7.09. The van der Waals surface area contributed by atoms with Crippen molar-refractivity contribution in [3.05, 3.63) is 70.4 Å². The molecule has 1 N–H and O–H groups in total. The van der Waals surface area contributed by atoms with Crippen molar-refractivity contribution in [2.75, 3.05) is 24.4 Å². The van der Waals surface area contributed by atoms with Gasteiger partial charge in [0.05, 0.1) is 32.9 Å². The number of nitrogens with zero attached hydrogens (tertiary/aromatic N) is 2. The lowest BCUT2D eigenvalue weighted by molar-refractivity contribution is -0.122. The molecule has 2 aromatic carbocycles. The Morgan fingerprint density at radius 3 is 2.39 bits per heavy atom. The van der Waals surface area contributed by atoms with E-state index < -0.39 is 23.8 Å². The van der Waals surface area contributed by atoms with Gasteiger partial charge in [-0.2, -0.15) is 0 Å². The SMILES string of the molecule is COc1ccc(C(=O)N(Cc2cccs2)C2CC(=O)N(c3ccc(NC(C)=O)cc3)C2=O)cc1OC. The number of hydrogen-bond donors (Lipinski definition) is 1. The van der Waals surface area contributed by atoms with Crippen LogP contribution in [0.2, 0.25) is 0 Å². The van der Waals surface area contributed by atoms with Gasteiger partial charge >= 0.3 is 0 Å². The molecule has 0 aliphatic carbocycles. The Balaban J connectivity index is 1.65. The van der Waals surface area contributed by atoms with Gasteiger partial charge in [0, 0.05) is 23.1 Å². The molecule has 0 spiro atoms. The first-order valence-electron chi connectivity index (χ1n) is 11.1. The summed E-state index contributed by atoms with van der Waals surface area (Å²) in [6.45, 7) is 1.56. The minimum atomic E-state index is -0.977. The van der Waals surface area contributed by atoms with E-state index >= 15 is 0 Å². The van der Waals surface area contributed by atoms with Crippen LogP contribution in [-0.4, -0.2) is 48.8 Å². The standard InChI is InChI=1S/C26H25N3O6S/c1-16(30)27-18-7-9-19(10-8-18)29-24(31)14-21(26(29)33)28(15-20-5-4-12-36-20)25(32)17-6-11-22(34-2)23(13-17)35-3/h4-13,21H,14-15H2,1-3H3,(H,27,30). The number of hydrogen-bond acceptors (Lipinski definition) is 7. The third-order valence-electron chi connectivity index (χ3n) is 5.74. The maximum atomic E-state index is 13.7. The molecule has 2 heterocycles. The second kappa shape index (κ2) is 10.6. The van der Waals surface area contributed by atoms with Gasteiger partial charge in [0.25, 0.3) is 11.8 Å². The molecule has 1 aliphatic rings. The van der Waals surface area contributed by atoms with Crippen molar-refractivity contribution < 1.29 is 28.7 Å². The summed E-state index contributed by atoms with van der Waals surface area (Å²) in [6, 6.07) is 13.9. The van der Waals surface area contributed by atoms with Crippen molar-refractivity contribution in [1.29, 1.82) is 0 Å². The number of nitrogens with one attached hydrogen (secondary N) is 1. The van der Waals surface area contributed by atoms with Crippen LogP contribution < -0.4 is 19.7 Å². The van der Waals surface area contributed by atoms with E-state index in [9.17, 15) is 19.2 Å². The molecule has 1 fully saturated rings. The molecule has 1 unspecified atom stereocenters. The molecular weight excluding hydrogens is 482 g/mol. The van der Waals surface area contributed by atoms with Crippen LogP contribution in [0.15, 0.2) is 60.0 Å². The number of amides is 4. The van der Waals surface area contributed by atoms with Crippen molar-refractivity contribution in [2.45, 2.75) is 25.9 Å². The molecule has 4 amide bonds. The maximum Gasteiger partial charge on any atom is 0.257 e. The lowest BCUT2D eigenvalue weighted by atomic mass is 10.1. The summed E-state index contributed by atoms with van der Waals surface area (Å²) in [4.78, 5) is 54.8. The Bertz CT molecular complexity index is 1290. The number of rotatable bonds is 8. The summed E-state index contributed by atoms with van der Waals surface area (Å²) >= 11 is 1.46. The molecule has 1 atom stereocenters. The number of thiophene rings is 1. The molecule has 0 bridgehead atoms. The zero-order chi connectivity index (χ0) is 25.8. The lowest BCUT2D eigenvalue weighted by Gasteiger charge is -2.27. The van der Waals surface area contributed by atoms with Crippen LogP contribution in [0.5, 0.6) is 11.5 Å². The van der Waals surface area contributed by atoms with Crippen LogP contribution in [-0.2, 0) is 20.9 Å². The minimum absolute atomic E-state index is 0.142. The average molecular weight is 508 g/mol. The molecule has 3 aromatic rings. The van der Waals surface area contributed by atoms with Crippen LogP contribution in [0.25, 0.3) is 0 Å². The van der Waals surface area contributed by atoms with Gasteiger partial charge in [0.15, 0.2) is 11.5 Å². The van der Waals surface area contributed by atoms with E-state index in [4.69, 9.17) is 9.47 Å².